The van der Waals surface area contributed by atoms with Crippen LogP contribution in [0.5, 0.6) is 5.88 Å². The van der Waals surface area contributed by atoms with Crippen molar-refractivity contribution in [3.63, 3.8) is 0 Å². The van der Waals surface area contributed by atoms with Crippen molar-refractivity contribution in [3.05, 3.63) is 47.2 Å². The van der Waals surface area contributed by atoms with Gasteiger partial charge >= 0.3 is 0 Å². The zero-order valence-electron chi connectivity index (χ0n) is 12.9. The maximum absolute atomic E-state index is 14.2. The van der Waals surface area contributed by atoms with Gasteiger partial charge in [0.2, 0.25) is 5.88 Å². The van der Waals surface area contributed by atoms with E-state index in [-0.39, 0.29) is 17.4 Å². The summed E-state index contributed by atoms with van der Waals surface area (Å²) in [4.78, 5) is 15.8. The molecule has 4 rings (SSSR count). The summed E-state index contributed by atoms with van der Waals surface area (Å²) in [5, 5.41) is 0. The van der Waals surface area contributed by atoms with Crippen molar-refractivity contribution >= 4 is 5.91 Å². The van der Waals surface area contributed by atoms with Crippen LogP contribution in [0, 0.1) is 17.6 Å². The Bertz CT molecular complexity index is 834. The molecule has 0 bridgehead atoms. The number of halogens is 2. The summed E-state index contributed by atoms with van der Waals surface area (Å²) in [5.41, 5.74) is 6.81. The smallest absolute Gasteiger partial charge is 0.267 e. The van der Waals surface area contributed by atoms with Gasteiger partial charge in [0.05, 0.1) is 0 Å². The molecule has 1 atom stereocenters. The van der Waals surface area contributed by atoms with E-state index >= 15 is 0 Å². The molecule has 0 saturated heterocycles. The zero-order chi connectivity index (χ0) is 16.8. The molecule has 1 aromatic heterocycles. The number of amides is 1. The molecule has 2 N–H and O–H groups in total. The first kappa shape index (κ1) is 15.1. The monoisotopic (exact) mass is 330 g/mol. The second-order valence-electron chi connectivity index (χ2n) is 6.36. The average Bonchev–Trinajstić information content (AvgIpc) is 3.38. The van der Waals surface area contributed by atoms with Crippen LogP contribution in [0.1, 0.15) is 35.3 Å². The minimum Gasteiger partial charge on any atom is -0.474 e. The second-order valence-corrected chi connectivity index (χ2v) is 6.36. The van der Waals surface area contributed by atoms with Gasteiger partial charge in [-0.3, -0.25) is 4.79 Å². The van der Waals surface area contributed by atoms with E-state index in [0.717, 1.165) is 30.9 Å². The molecule has 24 heavy (non-hydrogen) atoms. The first-order valence-electron chi connectivity index (χ1n) is 7.98. The van der Waals surface area contributed by atoms with Crippen LogP contribution in [-0.4, -0.2) is 17.0 Å². The topological polar surface area (TPSA) is 65.2 Å². The third kappa shape index (κ3) is 2.62. The summed E-state index contributed by atoms with van der Waals surface area (Å²) >= 11 is 0. The van der Waals surface area contributed by atoms with Crippen molar-refractivity contribution in [1.29, 1.82) is 0 Å². The fourth-order valence-corrected chi connectivity index (χ4v) is 3.25. The van der Waals surface area contributed by atoms with Crippen LogP contribution in [0.3, 0.4) is 0 Å². The van der Waals surface area contributed by atoms with Gasteiger partial charge in [0.1, 0.15) is 23.4 Å². The molecule has 0 spiro atoms. The lowest BCUT2D eigenvalue weighted by Crippen LogP contribution is -2.27. The number of hydrogen-bond acceptors (Lipinski definition) is 3. The molecule has 1 aromatic carbocycles. The van der Waals surface area contributed by atoms with Gasteiger partial charge < -0.3 is 10.5 Å². The normalized spacial score (nSPS) is 19.5. The molecular weight excluding hydrogens is 314 g/mol. The van der Waals surface area contributed by atoms with Crippen molar-refractivity contribution in [2.75, 3.05) is 0 Å². The Morgan fingerprint density at radius 2 is 1.96 bits per heavy atom. The maximum Gasteiger partial charge on any atom is 0.267 e. The Balaban J connectivity index is 1.85. The number of benzene rings is 1. The molecule has 6 heteroatoms. The number of pyridine rings is 1. The van der Waals surface area contributed by atoms with E-state index in [1.54, 1.807) is 0 Å². The second kappa shape index (κ2) is 5.54. The van der Waals surface area contributed by atoms with Gasteiger partial charge in [-0.2, -0.15) is 0 Å². The van der Waals surface area contributed by atoms with E-state index in [0.29, 0.717) is 23.8 Å². The molecule has 2 aliphatic rings. The average molecular weight is 330 g/mol. The van der Waals surface area contributed by atoms with Gasteiger partial charge in [0.15, 0.2) is 0 Å². The van der Waals surface area contributed by atoms with Gasteiger partial charge in [-0.1, -0.05) is 0 Å². The van der Waals surface area contributed by atoms with E-state index < -0.39 is 17.5 Å². The van der Waals surface area contributed by atoms with Gasteiger partial charge in [-0.15, -0.1) is 0 Å². The molecule has 0 radical (unpaired) electrons. The highest BCUT2D eigenvalue weighted by Gasteiger charge is 2.36. The first-order valence-corrected chi connectivity index (χ1v) is 7.98. The number of rotatable bonds is 3. The number of ether oxygens (including phenoxy) is 1. The van der Waals surface area contributed by atoms with Crippen LogP contribution >= 0.6 is 0 Å². The molecule has 2 aromatic rings. The molecule has 0 unspecified atom stereocenters. The van der Waals surface area contributed by atoms with Crippen LogP contribution in [0.25, 0.3) is 11.1 Å². The lowest BCUT2D eigenvalue weighted by molar-refractivity contribution is 0.0990. The number of hydrogen-bond donors (Lipinski definition) is 1. The fraction of sp³-hybridized carbons (Fsp3) is 0.333. The molecule has 4 nitrogen and oxygen atoms in total. The van der Waals surface area contributed by atoms with Crippen molar-refractivity contribution in [2.45, 2.75) is 31.8 Å². The number of fused-ring (bicyclic) bond motifs is 1. The number of nitrogens with zero attached hydrogens (tertiary/aromatic N) is 1. The highest BCUT2D eigenvalue weighted by atomic mass is 19.1. The van der Waals surface area contributed by atoms with E-state index in [4.69, 9.17) is 10.5 Å². The lowest BCUT2D eigenvalue weighted by atomic mass is 9.93. The summed E-state index contributed by atoms with van der Waals surface area (Å²) < 4.78 is 33.4. The minimum absolute atomic E-state index is 0.0175. The number of carbonyl (C=O) groups is 1. The van der Waals surface area contributed by atoms with E-state index in [1.165, 1.54) is 18.2 Å². The molecule has 1 aliphatic carbocycles. The number of carbonyl (C=O) groups excluding carboxylic acids is 1. The summed E-state index contributed by atoms with van der Waals surface area (Å²) in [6.07, 6.45) is 3.85. The van der Waals surface area contributed by atoms with Gasteiger partial charge in [-0.25, -0.2) is 13.8 Å². The third-order valence-corrected chi connectivity index (χ3v) is 4.65. The summed E-state index contributed by atoms with van der Waals surface area (Å²) in [7, 11) is 0. The predicted molar refractivity (Wildman–Crippen MR) is 83.6 cm³/mol. The Hall–Kier alpha value is -2.50. The Morgan fingerprint density at radius 1 is 1.17 bits per heavy atom. The van der Waals surface area contributed by atoms with Crippen molar-refractivity contribution in [2.24, 2.45) is 11.7 Å². The van der Waals surface area contributed by atoms with Crippen molar-refractivity contribution < 1.29 is 18.3 Å². The fourth-order valence-electron chi connectivity index (χ4n) is 3.25. The largest absolute Gasteiger partial charge is 0.474 e. The minimum atomic E-state index is -0.710. The summed E-state index contributed by atoms with van der Waals surface area (Å²) in [6, 6.07) is 4.82. The molecule has 124 valence electrons. The Labute approximate surface area is 137 Å². The van der Waals surface area contributed by atoms with Gasteiger partial charge in [0, 0.05) is 17.2 Å². The Morgan fingerprint density at radius 3 is 2.62 bits per heavy atom. The number of aromatic nitrogens is 1. The molecule has 1 amide bonds. The SMILES string of the molecule is NC(=O)c1cc(-c2ccc(F)cc2F)c2c(n1)O[C@H](C1CC1)CC2. The zero-order valence-corrected chi connectivity index (χ0v) is 12.9. The van der Waals surface area contributed by atoms with E-state index in [2.05, 4.69) is 4.98 Å². The van der Waals surface area contributed by atoms with E-state index in [9.17, 15) is 13.6 Å². The summed E-state index contributed by atoms with van der Waals surface area (Å²) in [5.74, 6) is -1.18. The summed E-state index contributed by atoms with van der Waals surface area (Å²) in [6.45, 7) is 0. The van der Waals surface area contributed by atoms with Crippen molar-refractivity contribution in [1.82, 2.24) is 4.98 Å². The van der Waals surface area contributed by atoms with Crippen LogP contribution in [0.15, 0.2) is 24.3 Å². The highest BCUT2D eigenvalue weighted by molar-refractivity contribution is 5.93. The first-order chi connectivity index (χ1) is 11.5. The molecule has 1 fully saturated rings. The molecule has 1 aliphatic heterocycles. The molecule has 1 saturated carbocycles. The third-order valence-electron chi connectivity index (χ3n) is 4.65. The quantitative estimate of drug-likeness (QED) is 0.940. The van der Waals surface area contributed by atoms with E-state index in [1.807, 2.05) is 0 Å². The van der Waals surface area contributed by atoms with Crippen molar-refractivity contribution in [3.8, 4) is 17.0 Å². The number of primary amides is 1. The molecular formula is C18H16F2N2O2. The molecule has 2 heterocycles. The maximum atomic E-state index is 14.2. The van der Waals surface area contributed by atoms with Gasteiger partial charge in [0.25, 0.3) is 5.91 Å². The van der Waals surface area contributed by atoms with Crippen LogP contribution in [0.2, 0.25) is 0 Å². The van der Waals surface area contributed by atoms with Crippen LogP contribution < -0.4 is 10.5 Å². The lowest BCUT2D eigenvalue weighted by Gasteiger charge is -2.27. The highest BCUT2D eigenvalue weighted by Crippen LogP contribution is 2.42. The Kier molecular flexibility index (Phi) is 3.48. The standard InChI is InChI=1S/C18H16F2N2O2/c19-10-3-4-11(14(20)7-10)13-8-15(17(21)23)22-18-12(13)5-6-16(24-18)9-1-2-9/h3-4,7-9,16H,1-2,5-6H2,(H2,21,23)/t16-/m0/s1. The van der Waals surface area contributed by atoms with Gasteiger partial charge in [-0.05, 0) is 55.4 Å². The van der Waals surface area contributed by atoms with Crippen LogP contribution in [0.4, 0.5) is 8.78 Å². The number of nitrogens with two attached hydrogens (primary N) is 1. The van der Waals surface area contributed by atoms with Crippen LogP contribution in [-0.2, 0) is 6.42 Å². The predicted octanol–water partition coefficient (Wildman–Crippen LogP) is 3.23.